The molecule has 0 fully saturated rings. The van der Waals surface area contributed by atoms with E-state index in [9.17, 15) is 13.6 Å². The molecule has 0 spiro atoms. The lowest BCUT2D eigenvalue weighted by atomic mass is 10.1. The molecule has 0 N–H and O–H groups in total. The van der Waals surface area contributed by atoms with Gasteiger partial charge < -0.3 is 4.57 Å². The summed E-state index contributed by atoms with van der Waals surface area (Å²) in [4.78, 5) is 12.2. The van der Waals surface area contributed by atoms with Crippen molar-refractivity contribution in [1.29, 1.82) is 0 Å². The third-order valence-electron chi connectivity index (χ3n) is 3.31. The Morgan fingerprint density at radius 3 is 2.71 bits per heavy atom. The van der Waals surface area contributed by atoms with E-state index in [1.54, 1.807) is 29.0 Å². The second kappa shape index (κ2) is 5.30. The van der Waals surface area contributed by atoms with Crippen molar-refractivity contribution in [2.45, 2.75) is 6.54 Å². The van der Waals surface area contributed by atoms with Gasteiger partial charge in [0.2, 0.25) is 0 Å². The van der Waals surface area contributed by atoms with Crippen molar-refractivity contribution >= 4 is 28.3 Å². The Labute approximate surface area is 124 Å². The molecule has 0 saturated heterocycles. The highest BCUT2D eigenvalue weighted by molar-refractivity contribution is 6.35. The first-order valence-electron chi connectivity index (χ1n) is 6.28. The van der Waals surface area contributed by atoms with Crippen LogP contribution in [-0.2, 0) is 6.54 Å². The first-order chi connectivity index (χ1) is 10.1. The molecule has 21 heavy (non-hydrogen) atoms. The molecule has 3 aromatic rings. The minimum Gasteiger partial charge on any atom is -0.340 e. The van der Waals surface area contributed by atoms with Gasteiger partial charge in [-0.05, 0) is 30.3 Å². The first kappa shape index (κ1) is 13.8. The van der Waals surface area contributed by atoms with E-state index in [1.807, 2.05) is 6.07 Å². The molecule has 106 valence electrons. The van der Waals surface area contributed by atoms with Crippen LogP contribution < -0.4 is 0 Å². The molecule has 1 heterocycles. The summed E-state index contributed by atoms with van der Waals surface area (Å²) in [6, 6.07) is 10.1. The van der Waals surface area contributed by atoms with Crippen LogP contribution in [0.5, 0.6) is 0 Å². The van der Waals surface area contributed by atoms with Gasteiger partial charge in [-0.3, -0.25) is 4.79 Å². The zero-order valence-electron chi connectivity index (χ0n) is 10.8. The van der Waals surface area contributed by atoms with Crippen LogP contribution in [0.15, 0.2) is 48.7 Å². The van der Waals surface area contributed by atoms with Gasteiger partial charge in [0.1, 0.15) is 11.6 Å². The second-order valence-electron chi connectivity index (χ2n) is 4.66. The molecule has 0 unspecified atom stereocenters. The van der Waals surface area contributed by atoms with Gasteiger partial charge in [0.25, 0.3) is 0 Å². The van der Waals surface area contributed by atoms with Crippen molar-refractivity contribution in [2.75, 3.05) is 0 Å². The van der Waals surface area contributed by atoms with Gasteiger partial charge in [-0.15, -0.1) is 0 Å². The van der Waals surface area contributed by atoms with Crippen LogP contribution in [0.25, 0.3) is 10.9 Å². The fourth-order valence-electron chi connectivity index (χ4n) is 2.28. The molecule has 0 bridgehead atoms. The van der Waals surface area contributed by atoms with Gasteiger partial charge >= 0.3 is 0 Å². The highest BCUT2D eigenvalue weighted by Crippen LogP contribution is 2.24. The Morgan fingerprint density at radius 2 is 1.95 bits per heavy atom. The Morgan fingerprint density at radius 1 is 1.14 bits per heavy atom. The summed E-state index contributed by atoms with van der Waals surface area (Å²) >= 11 is 6.07. The van der Waals surface area contributed by atoms with Crippen molar-refractivity contribution in [1.82, 2.24) is 4.57 Å². The van der Waals surface area contributed by atoms with Crippen molar-refractivity contribution in [3.05, 3.63) is 70.9 Å². The third kappa shape index (κ3) is 2.54. The Kier molecular flexibility index (Phi) is 3.47. The maximum atomic E-state index is 13.6. The predicted octanol–water partition coefficient (Wildman–Crippen LogP) is 4.46. The highest BCUT2D eigenvalue weighted by Gasteiger charge is 2.14. The van der Waals surface area contributed by atoms with Gasteiger partial charge in [-0.1, -0.05) is 17.7 Å². The van der Waals surface area contributed by atoms with Crippen LogP contribution in [0.3, 0.4) is 0 Å². The van der Waals surface area contributed by atoms with E-state index in [4.69, 9.17) is 11.6 Å². The maximum Gasteiger partial charge on any atom is 0.185 e. The van der Waals surface area contributed by atoms with Gasteiger partial charge in [-0.2, -0.15) is 0 Å². The van der Waals surface area contributed by atoms with E-state index in [0.717, 1.165) is 23.0 Å². The number of halogens is 3. The number of rotatable bonds is 3. The molecule has 0 amide bonds. The molecule has 1 aromatic heterocycles. The average Bonchev–Trinajstić information content (AvgIpc) is 2.83. The summed E-state index contributed by atoms with van der Waals surface area (Å²) in [5.74, 6) is -1.98. The van der Waals surface area contributed by atoms with Gasteiger partial charge in [0.15, 0.2) is 5.78 Å². The quantitative estimate of drug-likeness (QED) is 0.655. The fraction of sp³-hybridized carbons (Fsp3) is 0.0625. The molecule has 0 aliphatic heterocycles. The number of benzene rings is 2. The number of aromatic nitrogens is 1. The largest absolute Gasteiger partial charge is 0.340 e. The number of hydrogen-bond donors (Lipinski definition) is 0. The van der Waals surface area contributed by atoms with E-state index in [1.165, 1.54) is 0 Å². The van der Waals surface area contributed by atoms with Gasteiger partial charge in [0, 0.05) is 28.2 Å². The molecule has 0 radical (unpaired) electrons. The lowest BCUT2D eigenvalue weighted by molar-refractivity contribution is 0.0969. The number of fused-ring (bicyclic) bond motifs is 1. The number of hydrogen-bond acceptors (Lipinski definition) is 1. The molecular formula is C16H10ClF2NO. The Balaban J connectivity index is 1.95. The molecular weight excluding hydrogens is 296 g/mol. The second-order valence-corrected chi connectivity index (χ2v) is 5.07. The number of ketones is 1. The molecule has 2 aromatic carbocycles. The van der Waals surface area contributed by atoms with Gasteiger partial charge in [-0.25, -0.2) is 8.78 Å². The Bertz CT molecular complexity index is 841. The normalized spacial score (nSPS) is 11.0. The first-order valence-corrected chi connectivity index (χ1v) is 6.65. The van der Waals surface area contributed by atoms with Crippen molar-refractivity contribution in [2.24, 2.45) is 0 Å². The van der Waals surface area contributed by atoms with Crippen molar-refractivity contribution < 1.29 is 13.6 Å². The van der Waals surface area contributed by atoms with Crippen LogP contribution in [-0.4, -0.2) is 10.4 Å². The number of carbonyl (C=O) groups excluding carboxylic acids is 1. The minimum absolute atomic E-state index is 0.0353. The molecule has 5 heteroatoms. The summed E-state index contributed by atoms with van der Waals surface area (Å²) < 4.78 is 28.2. The van der Waals surface area contributed by atoms with E-state index in [2.05, 4.69) is 0 Å². The zero-order chi connectivity index (χ0) is 15.0. The number of carbonyl (C=O) groups is 1. The SMILES string of the molecule is O=C(Cn1ccc2c(Cl)cccc21)c1ccc(F)cc1F. The summed E-state index contributed by atoms with van der Waals surface area (Å²) in [5.41, 5.74) is 0.665. The van der Waals surface area contributed by atoms with E-state index >= 15 is 0 Å². The minimum atomic E-state index is -0.852. The summed E-state index contributed by atoms with van der Waals surface area (Å²) in [5, 5.41) is 1.42. The Hall–Kier alpha value is -2.20. The molecule has 3 rings (SSSR count). The average molecular weight is 306 g/mol. The number of nitrogens with zero attached hydrogens (tertiary/aromatic N) is 1. The smallest absolute Gasteiger partial charge is 0.185 e. The molecule has 0 aliphatic carbocycles. The van der Waals surface area contributed by atoms with E-state index in [0.29, 0.717) is 11.1 Å². The van der Waals surface area contributed by atoms with Crippen LogP contribution in [0.1, 0.15) is 10.4 Å². The van der Waals surface area contributed by atoms with E-state index in [-0.39, 0.29) is 12.1 Å². The zero-order valence-corrected chi connectivity index (χ0v) is 11.6. The lowest BCUT2D eigenvalue weighted by Gasteiger charge is -2.06. The molecule has 0 aliphatic rings. The summed E-state index contributed by atoms with van der Waals surface area (Å²) in [6.07, 6.45) is 1.72. The summed E-state index contributed by atoms with van der Waals surface area (Å²) in [7, 11) is 0. The molecule has 0 saturated carbocycles. The van der Waals surface area contributed by atoms with Crippen LogP contribution in [0, 0.1) is 11.6 Å². The van der Waals surface area contributed by atoms with Crippen molar-refractivity contribution in [3.8, 4) is 0 Å². The fourth-order valence-corrected chi connectivity index (χ4v) is 2.51. The third-order valence-corrected chi connectivity index (χ3v) is 3.64. The van der Waals surface area contributed by atoms with Crippen LogP contribution >= 0.6 is 11.6 Å². The van der Waals surface area contributed by atoms with Crippen molar-refractivity contribution in [3.63, 3.8) is 0 Å². The maximum absolute atomic E-state index is 13.6. The number of Topliss-reactive ketones (excluding diaryl/α,β-unsaturated/α-hetero) is 1. The van der Waals surface area contributed by atoms with Gasteiger partial charge in [0.05, 0.1) is 12.1 Å². The molecule has 0 atom stereocenters. The standard InChI is InChI=1S/C16H10ClF2NO/c17-13-2-1-3-15-11(13)6-7-20(15)9-16(21)12-5-4-10(18)8-14(12)19/h1-8H,9H2. The lowest BCUT2D eigenvalue weighted by Crippen LogP contribution is -2.11. The topological polar surface area (TPSA) is 22.0 Å². The summed E-state index contributed by atoms with van der Waals surface area (Å²) in [6.45, 7) is -0.0353. The molecule has 2 nitrogen and oxygen atoms in total. The van der Waals surface area contributed by atoms with Crippen LogP contribution in [0.2, 0.25) is 5.02 Å². The monoisotopic (exact) mass is 305 g/mol. The van der Waals surface area contributed by atoms with E-state index < -0.39 is 17.4 Å². The van der Waals surface area contributed by atoms with Crippen LogP contribution in [0.4, 0.5) is 8.78 Å². The predicted molar refractivity (Wildman–Crippen MR) is 77.6 cm³/mol. The highest BCUT2D eigenvalue weighted by atomic mass is 35.5.